The molecule has 0 saturated carbocycles. The van der Waals surface area contributed by atoms with E-state index in [2.05, 4.69) is 20.1 Å². The third-order valence-corrected chi connectivity index (χ3v) is 2.32. The first-order valence-corrected chi connectivity index (χ1v) is 5.84. The van der Waals surface area contributed by atoms with Crippen LogP contribution in [0.25, 0.3) is 0 Å². The van der Waals surface area contributed by atoms with Gasteiger partial charge in [-0.05, 0) is 6.92 Å². The van der Waals surface area contributed by atoms with Crippen molar-refractivity contribution < 1.29 is 14.1 Å². The van der Waals surface area contributed by atoms with Gasteiger partial charge in [-0.2, -0.15) is 4.98 Å². The highest BCUT2D eigenvalue weighted by Crippen LogP contribution is 2.10. The van der Waals surface area contributed by atoms with Crippen molar-refractivity contribution in [1.29, 1.82) is 0 Å². The van der Waals surface area contributed by atoms with Crippen molar-refractivity contribution in [2.24, 2.45) is 0 Å². The van der Waals surface area contributed by atoms with E-state index in [-0.39, 0.29) is 24.1 Å². The Morgan fingerprint density at radius 1 is 1.37 bits per heavy atom. The number of ether oxygens (including phenoxy) is 1. The maximum atomic E-state index is 11.7. The molecule has 0 atom stereocenters. The molecule has 0 unspecified atom stereocenters. The first kappa shape index (κ1) is 13.1. The van der Waals surface area contributed by atoms with E-state index in [1.54, 1.807) is 6.92 Å². The molecule has 0 saturated heterocycles. The maximum Gasteiger partial charge on any atom is 0.359 e. The molecule has 7 heteroatoms. The zero-order valence-corrected chi connectivity index (χ0v) is 11.0. The summed E-state index contributed by atoms with van der Waals surface area (Å²) in [6.45, 7) is 5.60. The minimum Gasteiger partial charge on any atom is -0.451 e. The largest absolute Gasteiger partial charge is 0.451 e. The lowest BCUT2D eigenvalue weighted by molar-refractivity contribution is 0.0422. The lowest BCUT2D eigenvalue weighted by Crippen LogP contribution is -2.08. The molecule has 100 valence electrons. The highest BCUT2D eigenvalue weighted by Gasteiger charge is 2.13. The Kier molecular flexibility index (Phi) is 3.84. The Morgan fingerprint density at radius 3 is 2.74 bits per heavy atom. The third kappa shape index (κ3) is 3.34. The molecule has 0 spiro atoms. The summed E-state index contributed by atoms with van der Waals surface area (Å²) in [6.07, 6.45) is 2.87. The smallest absolute Gasteiger partial charge is 0.359 e. The Labute approximate surface area is 110 Å². The van der Waals surface area contributed by atoms with E-state index >= 15 is 0 Å². The summed E-state index contributed by atoms with van der Waals surface area (Å²) in [5, 5.41) is 3.77. The molecule has 0 N–H and O–H groups in total. The molecule has 7 nitrogen and oxygen atoms in total. The molecule has 0 bridgehead atoms. The van der Waals surface area contributed by atoms with Crippen LogP contribution in [0.2, 0.25) is 0 Å². The zero-order chi connectivity index (χ0) is 13.8. The van der Waals surface area contributed by atoms with Crippen LogP contribution in [0.4, 0.5) is 0 Å². The first-order valence-electron chi connectivity index (χ1n) is 5.84. The fourth-order valence-corrected chi connectivity index (χ4v) is 1.26. The molecule has 2 aromatic heterocycles. The van der Waals surface area contributed by atoms with Crippen molar-refractivity contribution in [1.82, 2.24) is 20.1 Å². The van der Waals surface area contributed by atoms with Crippen LogP contribution in [0.5, 0.6) is 0 Å². The second-order valence-corrected chi connectivity index (χ2v) is 4.32. The van der Waals surface area contributed by atoms with E-state index in [0.717, 1.165) is 5.69 Å². The van der Waals surface area contributed by atoms with E-state index in [9.17, 15) is 4.79 Å². The number of esters is 1. The van der Waals surface area contributed by atoms with Gasteiger partial charge >= 0.3 is 5.97 Å². The van der Waals surface area contributed by atoms with Gasteiger partial charge in [-0.25, -0.2) is 9.78 Å². The van der Waals surface area contributed by atoms with Crippen LogP contribution in [0.15, 0.2) is 16.9 Å². The predicted molar refractivity (Wildman–Crippen MR) is 64.3 cm³/mol. The summed E-state index contributed by atoms with van der Waals surface area (Å²) in [5.74, 6) is 0.436. The van der Waals surface area contributed by atoms with E-state index in [1.807, 2.05) is 13.8 Å². The number of hydrogen-bond acceptors (Lipinski definition) is 7. The topological polar surface area (TPSA) is 91.0 Å². The monoisotopic (exact) mass is 262 g/mol. The highest BCUT2D eigenvalue weighted by molar-refractivity contribution is 5.86. The van der Waals surface area contributed by atoms with Crippen LogP contribution in [0.3, 0.4) is 0 Å². The lowest BCUT2D eigenvalue weighted by Gasteiger charge is -2.00. The molecule has 0 aromatic carbocycles. The van der Waals surface area contributed by atoms with Gasteiger partial charge in [0.15, 0.2) is 18.1 Å². The molecule has 0 amide bonds. The van der Waals surface area contributed by atoms with Crippen molar-refractivity contribution in [3.63, 3.8) is 0 Å². The van der Waals surface area contributed by atoms with Gasteiger partial charge in [-0.15, -0.1) is 0 Å². The number of carbonyl (C=O) groups excluding carboxylic acids is 1. The summed E-state index contributed by atoms with van der Waals surface area (Å²) >= 11 is 0. The van der Waals surface area contributed by atoms with Crippen molar-refractivity contribution in [2.75, 3.05) is 0 Å². The molecule has 0 aliphatic heterocycles. The number of aromatic nitrogens is 4. The molecule has 2 heterocycles. The van der Waals surface area contributed by atoms with Crippen molar-refractivity contribution in [3.8, 4) is 0 Å². The van der Waals surface area contributed by atoms with Gasteiger partial charge in [0.2, 0.25) is 0 Å². The molecule has 2 aromatic rings. The fraction of sp³-hybridized carbons (Fsp3) is 0.417. The number of carbonyl (C=O) groups is 1. The van der Waals surface area contributed by atoms with Gasteiger partial charge in [-0.3, -0.25) is 4.98 Å². The Bertz CT molecular complexity index is 563. The summed E-state index contributed by atoms with van der Waals surface area (Å²) in [5.41, 5.74) is 0.879. The van der Waals surface area contributed by atoms with Gasteiger partial charge < -0.3 is 9.26 Å². The van der Waals surface area contributed by atoms with Crippen LogP contribution in [-0.4, -0.2) is 26.1 Å². The average molecular weight is 262 g/mol. The summed E-state index contributed by atoms with van der Waals surface area (Å²) in [4.78, 5) is 23.6. The van der Waals surface area contributed by atoms with Crippen LogP contribution in [0.1, 0.15) is 47.7 Å². The predicted octanol–water partition coefficient (Wildman–Crippen LogP) is 1.65. The van der Waals surface area contributed by atoms with Crippen LogP contribution in [-0.2, 0) is 11.3 Å². The maximum absolute atomic E-state index is 11.7. The van der Waals surface area contributed by atoms with Crippen molar-refractivity contribution >= 4 is 5.97 Å². The van der Waals surface area contributed by atoms with E-state index in [4.69, 9.17) is 9.26 Å². The van der Waals surface area contributed by atoms with Crippen molar-refractivity contribution in [2.45, 2.75) is 33.3 Å². The minimum atomic E-state index is -0.572. The number of hydrogen-bond donors (Lipinski definition) is 0. The second kappa shape index (κ2) is 5.55. The molecule has 0 aliphatic carbocycles. The lowest BCUT2D eigenvalue weighted by atomic mass is 10.2. The third-order valence-electron chi connectivity index (χ3n) is 2.32. The molecule has 0 aliphatic rings. The normalized spacial score (nSPS) is 10.7. The zero-order valence-electron chi connectivity index (χ0n) is 11.0. The Balaban J connectivity index is 1.94. The molecule has 19 heavy (non-hydrogen) atoms. The van der Waals surface area contributed by atoms with Crippen LogP contribution in [0, 0.1) is 6.92 Å². The van der Waals surface area contributed by atoms with Gasteiger partial charge in [0.05, 0.1) is 11.9 Å². The van der Waals surface area contributed by atoms with Gasteiger partial charge in [0, 0.05) is 12.1 Å². The molecular formula is C12H14N4O3. The SMILES string of the molecule is Cc1cnc(C(=O)OCc2nc(C(C)C)no2)cn1. The number of nitrogens with zero attached hydrogens (tertiary/aromatic N) is 4. The van der Waals surface area contributed by atoms with E-state index in [1.165, 1.54) is 12.4 Å². The van der Waals surface area contributed by atoms with Gasteiger partial charge in [0.25, 0.3) is 5.89 Å². The summed E-state index contributed by atoms with van der Waals surface area (Å²) in [7, 11) is 0. The standard InChI is InChI=1S/C12H14N4O3/c1-7(2)11-15-10(19-16-11)6-18-12(17)9-5-13-8(3)4-14-9/h4-5,7H,6H2,1-3H3. The number of rotatable bonds is 4. The number of aryl methyl sites for hydroxylation is 1. The Morgan fingerprint density at radius 2 is 2.16 bits per heavy atom. The highest BCUT2D eigenvalue weighted by atomic mass is 16.6. The van der Waals surface area contributed by atoms with E-state index in [0.29, 0.717) is 5.82 Å². The van der Waals surface area contributed by atoms with E-state index < -0.39 is 5.97 Å². The molecule has 2 rings (SSSR count). The average Bonchev–Trinajstić information content (AvgIpc) is 2.86. The summed E-state index contributed by atoms with van der Waals surface area (Å²) in [6, 6.07) is 0. The van der Waals surface area contributed by atoms with Gasteiger partial charge in [-0.1, -0.05) is 19.0 Å². The Hall–Kier alpha value is -2.31. The fourth-order valence-electron chi connectivity index (χ4n) is 1.26. The quantitative estimate of drug-likeness (QED) is 0.773. The molecule has 0 radical (unpaired) electrons. The van der Waals surface area contributed by atoms with Crippen LogP contribution >= 0.6 is 0 Å². The molecular weight excluding hydrogens is 248 g/mol. The van der Waals surface area contributed by atoms with Gasteiger partial charge in [0.1, 0.15) is 0 Å². The first-order chi connectivity index (χ1) is 9.06. The van der Waals surface area contributed by atoms with Crippen molar-refractivity contribution in [3.05, 3.63) is 35.5 Å². The minimum absolute atomic E-state index is 0.0753. The second-order valence-electron chi connectivity index (χ2n) is 4.32. The van der Waals surface area contributed by atoms with Crippen LogP contribution < -0.4 is 0 Å². The molecule has 0 fully saturated rings. The summed E-state index contributed by atoms with van der Waals surface area (Å²) < 4.78 is 9.97.